The Morgan fingerprint density at radius 3 is 2.49 bits per heavy atom. The standard InChI is InChI=1S/C29H26F3N5O4/c1-27-10-11-28(41-27,12-13-40-21-14-20(29(30,31)32)34-26(35-21)36(2)3)23-22(27)24(38)37(25(23)39)19-9-8-16(15-33)17-6-4-5-7-18(17)19/h4-9,14,22-23H,10-13H2,1-3H3/t22-,23+,27-,28-/m1/s1. The van der Waals surface area contributed by atoms with Gasteiger partial charge in [0, 0.05) is 37.4 Å². The van der Waals surface area contributed by atoms with Crippen LogP contribution < -0.4 is 14.5 Å². The van der Waals surface area contributed by atoms with E-state index in [-0.39, 0.29) is 30.8 Å². The molecule has 0 saturated carbocycles. The van der Waals surface area contributed by atoms with Crippen LogP contribution in [0.5, 0.6) is 5.88 Å². The summed E-state index contributed by atoms with van der Waals surface area (Å²) in [4.78, 5) is 38.0. The molecule has 9 nitrogen and oxygen atoms in total. The van der Waals surface area contributed by atoms with Gasteiger partial charge in [-0.05, 0) is 31.9 Å². The van der Waals surface area contributed by atoms with E-state index >= 15 is 0 Å². The number of fused-ring (bicyclic) bond motifs is 6. The van der Waals surface area contributed by atoms with Gasteiger partial charge in [0.1, 0.15) is 0 Å². The van der Waals surface area contributed by atoms with Crippen molar-refractivity contribution in [1.82, 2.24) is 9.97 Å². The number of halogens is 3. The second-order valence-corrected chi connectivity index (χ2v) is 11.1. The molecule has 3 fully saturated rings. The summed E-state index contributed by atoms with van der Waals surface area (Å²) in [6, 6.07) is 13.2. The maximum Gasteiger partial charge on any atom is 0.433 e. The van der Waals surface area contributed by atoms with Crippen LogP contribution in [0.3, 0.4) is 0 Å². The quantitative estimate of drug-likeness (QED) is 0.403. The molecule has 4 atom stereocenters. The Kier molecular flexibility index (Phi) is 6.01. The first kappa shape index (κ1) is 27.0. The lowest BCUT2D eigenvalue weighted by molar-refractivity contribution is -0.141. The Hall–Kier alpha value is -4.24. The highest BCUT2D eigenvalue weighted by atomic mass is 19.4. The average Bonchev–Trinajstić information content (AvgIpc) is 3.51. The van der Waals surface area contributed by atoms with Gasteiger partial charge in [-0.25, -0.2) is 9.88 Å². The monoisotopic (exact) mass is 565 g/mol. The van der Waals surface area contributed by atoms with Crippen molar-refractivity contribution in [2.75, 3.05) is 30.5 Å². The van der Waals surface area contributed by atoms with Crippen molar-refractivity contribution in [2.45, 2.75) is 43.6 Å². The number of imide groups is 1. The number of carbonyl (C=O) groups excluding carboxylic acids is 2. The number of nitrogens with zero attached hydrogens (tertiary/aromatic N) is 5. The fourth-order valence-corrected chi connectivity index (χ4v) is 6.58. The molecule has 4 heterocycles. The predicted octanol–water partition coefficient (Wildman–Crippen LogP) is 4.48. The predicted molar refractivity (Wildman–Crippen MR) is 141 cm³/mol. The van der Waals surface area contributed by atoms with Crippen molar-refractivity contribution in [1.29, 1.82) is 5.26 Å². The third-order valence-corrected chi connectivity index (χ3v) is 8.43. The number of carbonyl (C=O) groups is 2. The van der Waals surface area contributed by atoms with Gasteiger partial charge in [0.05, 0.1) is 47.0 Å². The van der Waals surface area contributed by atoms with Crippen molar-refractivity contribution < 1.29 is 32.2 Å². The van der Waals surface area contributed by atoms with Gasteiger partial charge < -0.3 is 14.4 Å². The van der Waals surface area contributed by atoms with Gasteiger partial charge >= 0.3 is 6.18 Å². The number of amides is 2. The maximum absolute atomic E-state index is 14.0. The summed E-state index contributed by atoms with van der Waals surface area (Å²) in [6.07, 6.45) is -3.47. The highest BCUT2D eigenvalue weighted by Crippen LogP contribution is 2.62. The van der Waals surface area contributed by atoms with Gasteiger partial charge in [0.25, 0.3) is 0 Å². The second kappa shape index (κ2) is 9.14. The highest BCUT2D eigenvalue weighted by molar-refractivity contribution is 6.26. The lowest BCUT2D eigenvalue weighted by atomic mass is 9.67. The van der Waals surface area contributed by atoms with Crippen LogP contribution >= 0.6 is 0 Å². The number of hydrogen-bond donors (Lipinski definition) is 0. The van der Waals surface area contributed by atoms with E-state index in [0.29, 0.717) is 34.9 Å². The SMILES string of the molecule is CN(C)c1nc(OCC[C@@]23CC[C@@](C)(O2)[C@H]2C(=O)N(c4ccc(C#N)c5ccccc45)C(=O)[C@H]23)cc(C(F)(F)F)n1. The van der Waals surface area contributed by atoms with Gasteiger partial charge in [0.15, 0.2) is 5.69 Å². The topological polar surface area (TPSA) is 109 Å². The van der Waals surface area contributed by atoms with Gasteiger partial charge in [-0.2, -0.15) is 23.4 Å². The molecule has 12 heteroatoms. The van der Waals surface area contributed by atoms with E-state index in [1.165, 1.54) is 23.9 Å². The molecule has 2 amide bonds. The molecule has 3 aliphatic heterocycles. The largest absolute Gasteiger partial charge is 0.477 e. The van der Waals surface area contributed by atoms with E-state index < -0.39 is 40.8 Å². The zero-order valence-corrected chi connectivity index (χ0v) is 22.5. The van der Waals surface area contributed by atoms with E-state index in [1.54, 1.807) is 36.4 Å². The van der Waals surface area contributed by atoms with Crippen LogP contribution in [0.25, 0.3) is 10.8 Å². The Bertz CT molecular complexity index is 1640. The number of ether oxygens (including phenoxy) is 2. The molecule has 3 aliphatic rings. The summed E-state index contributed by atoms with van der Waals surface area (Å²) in [6.45, 7) is 1.75. The number of benzene rings is 2. The number of anilines is 2. The van der Waals surface area contributed by atoms with E-state index in [2.05, 4.69) is 16.0 Å². The number of rotatable bonds is 6. The summed E-state index contributed by atoms with van der Waals surface area (Å²) in [5.74, 6) is -2.65. The maximum atomic E-state index is 14.0. The van der Waals surface area contributed by atoms with Gasteiger partial charge in [0.2, 0.25) is 23.6 Å². The molecule has 212 valence electrons. The van der Waals surface area contributed by atoms with Crippen LogP contribution in [0, 0.1) is 23.2 Å². The number of alkyl halides is 3. The molecule has 3 saturated heterocycles. The van der Waals surface area contributed by atoms with Crippen molar-refractivity contribution in [3.05, 3.63) is 53.7 Å². The number of hydrogen-bond acceptors (Lipinski definition) is 8. The van der Waals surface area contributed by atoms with Gasteiger partial charge in [-0.1, -0.05) is 24.3 Å². The lowest BCUT2D eigenvalue weighted by Crippen LogP contribution is -2.43. The fourth-order valence-electron chi connectivity index (χ4n) is 6.58. The molecule has 0 radical (unpaired) electrons. The average molecular weight is 566 g/mol. The molecular weight excluding hydrogens is 539 g/mol. The first-order valence-corrected chi connectivity index (χ1v) is 13.1. The van der Waals surface area contributed by atoms with Crippen LogP contribution in [0.15, 0.2) is 42.5 Å². The summed E-state index contributed by atoms with van der Waals surface area (Å²) < 4.78 is 52.3. The first-order chi connectivity index (χ1) is 19.4. The molecule has 0 spiro atoms. The molecule has 2 aromatic carbocycles. The molecule has 3 aromatic rings. The highest BCUT2D eigenvalue weighted by Gasteiger charge is 2.73. The third kappa shape index (κ3) is 4.10. The van der Waals surface area contributed by atoms with Crippen molar-refractivity contribution in [3.8, 4) is 11.9 Å². The molecule has 0 unspecified atom stereocenters. The van der Waals surface area contributed by atoms with Gasteiger partial charge in [-0.15, -0.1) is 0 Å². The molecular formula is C29H26F3N5O4. The Morgan fingerprint density at radius 2 is 1.80 bits per heavy atom. The van der Waals surface area contributed by atoms with Crippen LogP contribution in [0.2, 0.25) is 0 Å². The molecule has 1 aromatic heterocycles. The zero-order valence-electron chi connectivity index (χ0n) is 22.5. The minimum absolute atomic E-state index is 0.0816. The van der Waals surface area contributed by atoms with Crippen molar-refractivity contribution >= 4 is 34.2 Å². The van der Waals surface area contributed by atoms with E-state index in [4.69, 9.17) is 9.47 Å². The fraction of sp³-hybridized carbons (Fsp3) is 0.414. The molecule has 6 rings (SSSR count). The van der Waals surface area contributed by atoms with Crippen molar-refractivity contribution in [2.24, 2.45) is 11.8 Å². The van der Waals surface area contributed by atoms with Crippen molar-refractivity contribution in [3.63, 3.8) is 0 Å². The lowest BCUT2D eigenvalue weighted by Gasteiger charge is -2.31. The van der Waals surface area contributed by atoms with E-state index in [9.17, 15) is 28.0 Å². The van der Waals surface area contributed by atoms with E-state index in [0.717, 1.165) is 6.07 Å². The minimum Gasteiger partial charge on any atom is -0.477 e. The molecule has 0 aliphatic carbocycles. The third-order valence-electron chi connectivity index (χ3n) is 8.43. The van der Waals surface area contributed by atoms with Crippen LogP contribution in [0.1, 0.15) is 37.4 Å². The van der Waals surface area contributed by atoms with Crippen LogP contribution in [0.4, 0.5) is 24.8 Å². The van der Waals surface area contributed by atoms with E-state index in [1.807, 2.05) is 6.92 Å². The minimum atomic E-state index is -4.69. The Morgan fingerprint density at radius 1 is 1.10 bits per heavy atom. The summed E-state index contributed by atoms with van der Waals surface area (Å²) >= 11 is 0. The second-order valence-electron chi connectivity index (χ2n) is 11.1. The smallest absolute Gasteiger partial charge is 0.433 e. The zero-order chi connectivity index (χ0) is 29.3. The summed E-state index contributed by atoms with van der Waals surface area (Å²) in [7, 11) is 3.05. The molecule has 41 heavy (non-hydrogen) atoms. The normalized spacial score (nSPS) is 26.9. The number of nitriles is 1. The summed E-state index contributed by atoms with van der Waals surface area (Å²) in [5.41, 5.74) is -2.17. The summed E-state index contributed by atoms with van der Waals surface area (Å²) in [5, 5.41) is 10.8. The number of aromatic nitrogens is 2. The van der Waals surface area contributed by atoms with Crippen LogP contribution in [-0.4, -0.2) is 53.7 Å². The Balaban J connectivity index is 1.29. The molecule has 0 N–H and O–H groups in total. The Labute approximate surface area is 233 Å². The van der Waals surface area contributed by atoms with Crippen LogP contribution in [-0.2, 0) is 20.5 Å². The van der Waals surface area contributed by atoms with Gasteiger partial charge in [-0.3, -0.25) is 9.59 Å². The first-order valence-electron chi connectivity index (χ1n) is 13.1. The molecule has 2 bridgehead atoms.